The summed E-state index contributed by atoms with van der Waals surface area (Å²) in [6.45, 7) is 1.89. The first-order valence-corrected chi connectivity index (χ1v) is 4.38. The van der Waals surface area contributed by atoms with Crippen molar-refractivity contribution < 1.29 is 0 Å². The van der Waals surface area contributed by atoms with Gasteiger partial charge in [0, 0.05) is 18.5 Å². The zero-order valence-electron chi connectivity index (χ0n) is 7.84. The van der Waals surface area contributed by atoms with Crippen molar-refractivity contribution in [3.8, 4) is 5.82 Å². The van der Waals surface area contributed by atoms with Crippen LogP contribution in [-0.4, -0.2) is 9.55 Å². The van der Waals surface area contributed by atoms with Crippen molar-refractivity contribution >= 4 is 0 Å². The number of nitrogens with zero attached hydrogens (tertiary/aromatic N) is 2. The maximum absolute atomic E-state index is 11.6. The van der Waals surface area contributed by atoms with Crippen molar-refractivity contribution in [3.63, 3.8) is 0 Å². The van der Waals surface area contributed by atoms with Crippen LogP contribution >= 0.6 is 0 Å². The molecule has 0 saturated carbocycles. The van der Waals surface area contributed by atoms with Crippen LogP contribution in [0.5, 0.6) is 0 Å². The molecule has 0 aromatic carbocycles. The third-order valence-electron chi connectivity index (χ3n) is 1.97. The first-order chi connectivity index (χ1) is 6.77. The highest BCUT2D eigenvalue weighted by atomic mass is 16.1. The van der Waals surface area contributed by atoms with Gasteiger partial charge in [-0.1, -0.05) is 6.07 Å². The van der Waals surface area contributed by atoms with Gasteiger partial charge in [-0.05, 0) is 30.7 Å². The number of aryl methyl sites for hydroxylation is 1. The first kappa shape index (κ1) is 8.69. The fourth-order valence-electron chi connectivity index (χ4n) is 1.26. The molecule has 0 saturated heterocycles. The minimum absolute atomic E-state index is 0.0521. The Kier molecular flexibility index (Phi) is 2.14. The summed E-state index contributed by atoms with van der Waals surface area (Å²) in [4.78, 5) is 15.7. The molecule has 0 aliphatic carbocycles. The molecule has 0 spiro atoms. The zero-order chi connectivity index (χ0) is 9.97. The van der Waals surface area contributed by atoms with Crippen molar-refractivity contribution in [1.82, 2.24) is 9.55 Å². The van der Waals surface area contributed by atoms with Gasteiger partial charge in [0.05, 0.1) is 0 Å². The molecular weight excluding hydrogens is 176 g/mol. The van der Waals surface area contributed by atoms with Crippen LogP contribution in [0.4, 0.5) is 0 Å². The van der Waals surface area contributed by atoms with Crippen LogP contribution in [0.2, 0.25) is 0 Å². The van der Waals surface area contributed by atoms with Gasteiger partial charge in [0.15, 0.2) is 0 Å². The molecule has 3 nitrogen and oxygen atoms in total. The van der Waals surface area contributed by atoms with E-state index in [1.807, 2.05) is 25.1 Å². The number of hydrogen-bond acceptors (Lipinski definition) is 2. The molecule has 14 heavy (non-hydrogen) atoms. The van der Waals surface area contributed by atoms with Crippen molar-refractivity contribution in [1.29, 1.82) is 0 Å². The lowest BCUT2D eigenvalue weighted by Gasteiger charge is -2.03. The fourth-order valence-corrected chi connectivity index (χ4v) is 1.26. The van der Waals surface area contributed by atoms with Gasteiger partial charge in [-0.3, -0.25) is 9.36 Å². The largest absolute Gasteiger partial charge is 0.269 e. The van der Waals surface area contributed by atoms with Crippen LogP contribution in [-0.2, 0) is 0 Å². The van der Waals surface area contributed by atoms with E-state index in [-0.39, 0.29) is 5.56 Å². The van der Waals surface area contributed by atoms with Gasteiger partial charge in [-0.25, -0.2) is 4.98 Å². The molecule has 0 unspecified atom stereocenters. The summed E-state index contributed by atoms with van der Waals surface area (Å²) < 4.78 is 1.52. The predicted octanol–water partition coefficient (Wildman–Crippen LogP) is 1.54. The summed E-state index contributed by atoms with van der Waals surface area (Å²) in [7, 11) is 0. The molecule has 2 heterocycles. The summed E-state index contributed by atoms with van der Waals surface area (Å²) in [6.07, 6.45) is 3.40. The average Bonchev–Trinajstić information content (AvgIpc) is 2.19. The molecule has 2 aromatic rings. The lowest BCUT2D eigenvalue weighted by atomic mass is 10.3. The second kappa shape index (κ2) is 3.46. The first-order valence-electron chi connectivity index (χ1n) is 4.38. The van der Waals surface area contributed by atoms with Crippen molar-refractivity contribution in [2.45, 2.75) is 6.92 Å². The standard InChI is InChI=1S/C11H10N2O/c1-9-5-7-13(11(14)8-9)10-4-2-3-6-12-10/h2-8H,1H3. The Labute approximate surface area is 81.7 Å². The van der Waals surface area contributed by atoms with Gasteiger partial charge < -0.3 is 0 Å². The Morgan fingerprint density at radius 2 is 2.14 bits per heavy atom. The van der Waals surface area contributed by atoms with E-state index >= 15 is 0 Å². The third kappa shape index (κ3) is 1.57. The summed E-state index contributed by atoms with van der Waals surface area (Å²) in [5, 5.41) is 0. The minimum atomic E-state index is -0.0521. The summed E-state index contributed by atoms with van der Waals surface area (Å²) in [5.74, 6) is 0.650. The normalized spacial score (nSPS) is 10.1. The van der Waals surface area contributed by atoms with Crippen LogP contribution in [0.25, 0.3) is 5.82 Å². The van der Waals surface area contributed by atoms with Crippen molar-refractivity contribution in [2.75, 3.05) is 0 Å². The van der Waals surface area contributed by atoms with E-state index in [2.05, 4.69) is 4.98 Å². The van der Waals surface area contributed by atoms with Gasteiger partial charge >= 0.3 is 0 Å². The van der Waals surface area contributed by atoms with Crippen LogP contribution in [0, 0.1) is 6.92 Å². The monoisotopic (exact) mass is 186 g/mol. The molecule has 0 atom stereocenters. The highest BCUT2D eigenvalue weighted by molar-refractivity contribution is 5.23. The Hall–Kier alpha value is -1.90. The Morgan fingerprint density at radius 1 is 1.29 bits per heavy atom. The molecule has 0 amide bonds. The molecule has 0 radical (unpaired) electrons. The molecule has 0 aliphatic heterocycles. The summed E-state index contributed by atoms with van der Waals surface area (Å²) >= 11 is 0. The molecule has 0 N–H and O–H groups in total. The van der Waals surface area contributed by atoms with Crippen LogP contribution in [0.15, 0.2) is 47.5 Å². The lowest BCUT2D eigenvalue weighted by molar-refractivity contribution is 0.935. The van der Waals surface area contributed by atoms with E-state index in [0.717, 1.165) is 5.56 Å². The van der Waals surface area contributed by atoms with E-state index in [1.165, 1.54) is 4.57 Å². The van der Waals surface area contributed by atoms with E-state index < -0.39 is 0 Å². The van der Waals surface area contributed by atoms with E-state index in [0.29, 0.717) is 5.82 Å². The smallest absolute Gasteiger partial charge is 0.256 e. The van der Waals surface area contributed by atoms with E-state index in [4.69, 9.17) is 0 Å². The Morgan fingerprint density at radius 3 is 2.79 bits per heavy atom. The predicted molar refractivity (Wildman–Crippen MR) is 54.6 cm³/mol. The highest BCUT2D eigenvalue weighted by Crippen LogP contribution is 1.99. The highest BCUT2D eigenvalue weighted by Gasteiger charge is 1.98. The van der Waals surface area contributed by atoms with Crippen LogP contribution in [0.1, 0.15) is 5.56 Å². The quantitative estimate of drug-likeness (QED) is 0.677. The maximum Gasteiger partial charge on any atom is 0.256 e. The van der Waals surface area contributed by atoms with Crippen LogP contribution < -0.4 is 5.56 Å². The number of aromatic nitrogens is 2. The van der Waals surface area contributed by atoms with Gasteiger partial charge in [0.1, 0.15) is 5.82 Å². The van der Waals surface area contributed by atoms with Gasteiger partial charge in [0.2, 0.25) is 0 Å². The molecule has 3 heteroatoms. The number of rotatable bonds is 1. The van der Waals surface area contributed by atoms with Crippen molar-refractivity contribution in [3.05, 3.63) is 58.6 Å². The molecule has 2 rings (SSSR count). The molecule has 0 bridgehead atoms. The molecule has 0 fully saturated rings. The molecule has 0 aliphatic rings. The zero-order valence-corrected chi connectivity index (χ0v) is 7.84. The SMILES string of the molecule is Cc1ccn(-c2ccccn2)c(=O)c1. The third-order valence-corrected chi connectivity index (χ3v) is 1.97. The van der Waals surface area contributed by atoms with Crippen molar-refractivity contribution in [2.24, 2.45) is 0 Å². The maximum atomic E-state index is 11.6. The Bertz CT molecular complexity index is 488. The van der Waals surface area contributed by atoms with Gasteiger partial charge in [0.25, 0.3) is 5.56 Å². The second-order valence-corrected chi connectivity index (χ2v) is 3.10. The average molecular weight is 186 g/mol. The lowest BCUT2D eigenvalue weighted by Crippen LogP contribution is -2.17. The Balaban J connectivity index is 2.59. The van der Waals surface area contributed by atoms with Gasteiger partial charge in [-0.15, -0.1) is 0 Å². The molecule has 70 valence electrons. The molecular formula is C11H10N2O. The summed E-state index contributed by atoms with van der Waals surface area (Å²) in [6, 6.07) is 8.96. The number of pyridine rings is 2. The topological polar surface area (TPSA) is 34.9 Å². The van der Waals surface area contributed by atoms with Gasteiger partial charge in [-0.2, -0.15) is 0 Å². The van der Waals surface area contributed by atoms with E-state index in [1.54, 1.807) is 24.5 Å². The van der Waals surface area contributed by atoms with E-state index in [9.17, 15) is 4.79 Å². The van der Waals surface area contributed by atoms with Crippen LogP contribution in [0.3, 0.4) is 0 Å². The number of hydrogen-bond donors (Lipinski definition) is 0. The minimum Gasteiger partial charge on any atom is -0.269 e. The second-order valence-electron chi connectivity index (χ2n) is 3.10. The fraction of sp³-hybridized carbons (Fsp3) is 0.0909. The molecule has 2 aromatic heterocycles. The summed E-state index contributed by atoms with van der Waals surface area (Å²) in [5.41, 5.74) is 0.908.